The highest BCUT2D eigenvalue weighted by Gasteiger charge is 2.36. The highest BCUT2D eigenvalue weighted by molar-refractivity contribution is 5.84. The van der Waals surface area contributed by atoms with Crippen LogP contribution < -0.4 is 5.73 Å². The van der Waals surface area contributed by atoms with Gasteiger partial charge in [0.2, 0.25) is 0 Å². The summed E-state index contributed by atoms with van der Waals surface area (Å²) in [6.07, 6.45) is 0. The van der Waals surface area contributed by atoms with E-state index in [9.17, 15) is 4.79 Å². The lowest BCUT2D eigenvalue weighted by Crippen LogP contribution is -2.47. The van der Waals surface area contributed by atoms with E-state index in [0.29, 0.717) is 0 Å². The van der Waals surface area contributed by atoms with Crippen molar-refractivity contribution in [3.63, 3.8) is 0 Å². The van der Waals surface area contributed by atoms with Crippen molar-refractivity contribution in [2.24, 2.45) is 5.73 Å². The van der Waals surface area contributed by atoms with Crippen LogP contribution in [0.3, 0.4) is 0 Å². The Hall–Kier alpha value is -1.88. The Balaban J connectivity index is 2.56. The minimum atomic E-state index is -1.02. The Kier molecular flexibility index (Phi) is 2.63. The summed E-state index contributed by atoms with van der Waals surface area (Å²) < 4.78 is 0. The van der Waals surface area contributed by atoms with Crippen molar-refractivity contribution in [3.05, 3.63) is 30.0 Å². The van der Waals surface area contributed by atoms with Crippen LogP contribution in [0.15, 0.2) is 24.3 Å². The number of fused-ring (bicyclic) bond motifs is 1. The minimum absolute atomic E-state index is 0.706. The van der Waals surface area contributed by atoms with E-state index in [1.54, 1.807) is 13.8 Å². The van der Waals surface area contributed by atoms with Crippen molar-refractivity contribution in [1.29, 1.82) is 0 Å². The molecule has 0 fully saturated rings. The molecule has 2 aromatic rings. The molecule has 0 radical (unpaired) electrons. The number of nitrogens with zero attached hydrogens (tertiary/aromatic N) is 1. The van der Waals surface area contributed by atoms with Gasteiger partial charge in [-0.2, -0.15) is 5.10 Å². The number of carboxylic acids is 1. The average Bonchev–Trinajstić information content (AvgIpc) is 2.72. The first-order valence-corrected chi connectivity index (χ1v) is 5.36. The molecule has 4 N–H and O–H groups in total. The second kappa shape index (κ2) is 3.85. The van der Waals surface area contributed by atoms with E-state index in [1.807, 2.05) is 24.3 Å². The average molecular weight is 233 g/mol. The Labute approximate surface area is 98.6 Å². The summed E-state index contributed by atoms with van der Waals surface area (Å²) in [5.74, 6) is -1.02. The van der Waals surface area contributed by atoms with Crippen LogP contribution in [0.25, 0.3) is 10.9 Å². The second-order valence-electron chi connectivity index (χ2n) is 4.65. The molecule has 0 saturated carbocycles. The molecule has 0 bridgehead atoms. The van der Waals surface area contributed by atoms with E-state index >= 15 is 0 Å². The smallest absolute Gasteiger partial charge is 0.321 e. The number of nitrogens with two attached hydrogens (primary N) is 1. The number of aromatic amines is 1. The van der Waals surface area contributed by atoms with E-state index in [0.717, 1.165) is 16.6 Å². The van der Waals surface area contributed by atoms with Gasteiger partial charge in [-0.15, -0.1) is 0 Å². The summed E-state index contributed by atoms with van der Waals surface area (Å²) in [6, 6.07) is 6.58. The van der Waals surface area contributed by atoms with Crippen LogP contribution in [-0.4, -0.2) is 27.3 Å². The molecular formula is C12H15N3O2. The van der Waals surface area contributed by atoms with E-state index in [1.165, 1.54) is 0 Å². The molecule has 1 aromatic heterocycles. The fraction of sp³-hybridized carbons (Fsp3) is 0.333. The summed E-state index contributed by atoms with van der Waals surface area (Å²) in [6.45, 7) is 3.59. The Morgan fingerprint density at radius 2 is 2.12 bits per heavy atom. The molecule has 1 atom stereocenters. The highest BCUT2D eigenvalue weighted by atomic mass is 16.4. The normalized spacial score (nSPS) is 13.8. The van der Waals surface area contributed by atoms with Gasteiger partial charge in [-0.05, 0) is 6.07 Å². The molecule has 1 unspecified atom stereocenters. The van der Waals surface area contributed by atoms with Gasteiger partial charge in [-0.3, -0.25) is 9.89 Å². The van der Waals surface area contributed by atoms with E-state index < -0.39 is 17.4 Å². The number of hydrogen-bond acceptors (Lipinski definition) is 3. The van der Waals surface area contributed by atoms with Crippen molar-refractivity contribution in [2.75, 3.05) is 0 Å². The number of aliphatic carboxylic acids is 1. The van der Waals surface area contributed by atoms with Crippen LogP contribution in [0.5, 0.6) is 0 Å². The molecular weight excluding hydrogens is 218 g/mol. The van der Waals surface area contributed by atoms with Crippen molar-refractivity contribution >= 4 is 16.9 Å². The number of H-pyrrole nitrogens is 1. The molecule has 0 aliphatic carbocycles. The Morgan fingerprint density at radius 1 is 1.47 bits per heavy atom. The molecule has 0 saturated heterocycles. The molecule has 0 aliphatic rings. The van der Waals surface area contributed by atoms with Gasteiger partial charge in [-0.25, -0.2) is 0 Å². The van der Waals surface area contributed by atoms with Crippen LogP contribution in [0.1, 0.15) is 19.5 Å². The van der Waals surface area contributed by atoms with Crippen molar-refractivity contribution in [3.8, 4) is 0 Å². The third-order valence-corrected chi connectivity index (χ3v) is 3.15. The predicted molar refractivity (Wildman–Crippen MR) is 64.7 cm³/mol. The quantitative estimate of drug-likeness (QED) is 0.744. The van der Waals surface area contributed by atoms with E-state index in [2.05, 4.69) is 10.2 Å². The van der Waals surface area contributed by atoms with Gasteiger partial charge in [-0.1, -0.05) is 32.0 Å². The second-order valence-corrected chi connectivity index (χ2v) is 4.65. The molecule has 0 spiro atoms. The number of carboxylic acid groups (broad SMARTS) is 1. The van der Waals surface area contributed by atoms with Crippen LogP contribution >= 0.6 is 0 Å². The minimum Gasteiger partial charge on any atom is -0.480 e. The van der Waals surface area contributed by atoms with Crippen LogP contribution in [-0.2, 0) is 10.2 Å². The third kappa shape index (κ3) is 1.78. The number of benzene rings is 1. The number of rotatable bonds is 3. The van der Waals surface area contributed by atoms with Gasteiger partial charge < -0.3 is 10.8 Å². The highest BCUT2D eigenvalue weighted by Crippen LogP contribution is 2.30. The lowest BCUT2D eigenvalue weighted by atomic mass is 9.80. The maximum absolute atomic E-state index is 11.0. The lowest BCUT2D eigenvalue weighted by molar-refractivity contribution is -0.140. The monoisotopic (exact) mass is 233 g/mol. The Bertz CT molecular complexity index is 560. The van der Waals surface area contributed by atoms with E-state index in [-0.39, 0.29) is 0 Å². The summed E-state index contributed by atoms with van der Waals surface area (Å²) in [5, 5.41) is 17.0. The van der Waals surface area contributed by atoms with Crippen molar-refractivity contribution in [1.82, 2.24) is 10.2 Å². The fourth-order valence-electron chi connectivity index (χ4n) is 1.91. The summed E-state index contributed by atoms with van der Waals surface area (Å²) in [4.78, 5) is 11.0. The SMILES string of the molecule is CC(C)(c1[nH]nc2ccccc12)C(N)C(=O)O. The van der Waals surface area contributed by atoms with Gasteiger partial charge in [0.25, 0.3) is 0 Å². The molecule has 1 aromatic carbocycles. The standard InChI is InChI=1S/C12H15N3O2/c1-12(2,9(13)11(16)17)10-7-5-3-4-6-8(7)14-15-10/h3-6,9H,13H2,1-2H3,(H,14,15)(H,16,17). The Morgan fingerprint density at radius 3 is 2.76 bits per heavy atom. The van der Waals surface area contributed by atoms with E-state index in [4.69, 9.17) is 10.8 Å². The number of aromatic nitrogens is 2. The number of hydrogen-bond donors (Lipinski definition) is 3. The van der Waals surface area contributed by atoms with Crippen molar-refractivity contribution < 1.29 is 9.90 Å². The largest absolute Gasteiger partial charge is 0.480 e. The number of para-hydroxylation sites is 1. The van der Waals surface area contributed by atoms with Crippen molar-refractivity contribution in [2.45, 2.75) is 25.3 Å². The molecule has 1 heterocycles. The zero-order valence-electron chi connectivity index (χ0n) is 9.77. The molecule has 90 valence electrons. The molecule has 5 nitrogen and oxygen atoms in total. The topological polar surface area (TPSA) is 92.0 Å². The predicted octanol–water partition coefficient (Wildman–Crippen LogP) is 1.25. The fourth-order valence-corrected chi connectivity index (χ4v) is 1.91. The lowest BCUT2D eigenvalue weighted by Gasteiger charge is -2.27. The third-order valence-electron chi connectivity index (χ3n) is 3.15. The van der Waals surface area contributed by atoms with Gasteiger partial charge in [0.1, 0.15) is 6.04 Å². The summed E-state index contributed by atoms with van der Waals surface area (Å²) >= 11 is 0. The summed E-state index contributed by atoms with van der Waals surface area (Å²) in [7, 11) is 0. The first kappa shape index (κ1) is 11.6. The maximum atomic E-state index is 11.0. The molecule has 0 aliphatic heterocycles. The zero-order valence-corrected chi connectivity index (χ0v) is 9.77. The zero-order chi connectivity index (χ0) is 12.6. The first-order chi connectivity index (χ1) is 7.94. The maximum Gasteiger partial charge on any atom is 0.321 e. The van der Waals surface area contributed by atoms with Gasteiger partial charge in [0, 0.05) is 10.8 Å². The first-order valence-electron chi connectivity index (χ1n) is 5.36. The summed E-state index contributed by atoms with van der Waals surface area (Å²) in [5.41, 5.74) is 6.59. The van der Waals surface area contributed by atoms with Crippen LogP contribution in [0.4, 0.5) is 0 Å². The van der Waals surface area contributed by atoms with Crippen LogP contribution in [0.2, 0.25) is 0 Å². The van der Waals surface area contributed by atoms with Gasteiger partial charge in [0.15, 0.2) is 0 Å². The molecule has 2 rings (SSSR count). The van der Waals surface area contributed by atoms with Gasteiger partial charge >= 0.3 is 5.97 Å². The molecule has 0 amide bonds. The number of carbonyl (C=O) groups is 1. The number of nitrogens with one attached hydrogen (secondary N) is 1. The molecule has 17 heavy (non-hydrogen) atoms. The molecule has 5 heteroatoms. The van der Waals surface area contributed by atoms with Gasteiger partial charge in [0.05, 0.1) is 11.2 Å². The van der Waals surface area contributed by atoms with Crippen LogP contribution in [0, 0.1) is 0 Å².